The van der Waals surface area contributed by atoms with E-state index in [0.29, 0.717) is 19.0 Å². The molecule has 216 valence electrons. The van der Waals surface area contributed by atoms with Crippen molar-refractivity contribution >= 4 is 5.97 Å². The van der Waals surface area contributed by atoms with Gasteiger partial charge in [0.25, 0.3) is 0 Å². The molecule has 39 heavy (non-hydrogen) atoms. The van der Waals surface area contributed by atoms with E-state index < -0.39 is 0 Å². The van der Waals surface area contributed by atoms with Crippen molar-refractivity contribution in [2.75, 3.05) is 19.8 Å². The highest BCUT2D eigenvalue weighted by atomic mass is 16.6. The quantitative estimate of drug-likeness (QED) is 0.118. The average Bonchev–Trinajstić information content (AvgIpc) is 3.32. The van der Waals surface area contributed by atoms with Crippen LogP contribution in [0.4, 0.5) is 0 Å². The number of nitrogens with zero attached hydrogens (tertiary/aromatic N) is 2. The van der Waals surface area contributed by atoms with Crippen molar-refractivity contribution in [1.29, 1.82) is 0 Å². The summed E-state index contributed by atoms with van der Waals surface area (Å²) in [5.74, 6) is 1.30. The fourth-order valence-corrected chi connectivity index (χ4v) is 5.03. The van der Waals surface area contributed by atoms with Crippen LogP contribution in [0.5, 0.6) is 5.75 Å². The predicted molar refractivity (Wildman–Crippen MR) is 157 cm³/mol. The molecule has 0 N–H and O–H groups in total. The summed E-state index contributed by atoms with van der Waals surface area (Å²) in [7, 11) is 0. The van der Waals surface area contributed by atoms with Gasteiger partial charge in [0.1, 0.15) is 6.10 Å². The summed E-state index contributed by atoms with van der Waals surface area (Å²) in [4.78, 5) is 21.3. The van der Waals surface area contributed by atoms with Crippen LogP contribution in [0.3, 0.4) is 0 Å². The Kier molecular flexibility index (Phi) is 14.9. The number of rotatable bonds is 21. The molecule has 0 amide bonds. The first-order valence-electron chi connectivity index (χ1n) is 15.5. The first kappa shape index (κ1) is 31.1. The lowest BCUT2D eigenvalue weighted by Gasteiger charge is -2.09. The van der Waals surface area contributed by atoms with Crippen molar-refractivity contribution in [3.05, 3.63) is 42.2 Å². The van der Waals surface area contributed by atoms with Crippen molar-refractivity contribution in [3.63, 3.8) is 0 Å². The Morgan fingerprint density at radius 3 is 2.13 bits per heavy atom. The van der Waals surface area contributed by atoms with Gasteiger partial charge in [-0.05, 0) is 37.7 Å². The van der Waals surface area contributed by atoms with Crippen molar-refractivity contribution in [1.82, 2.24) is 9.97 Å². The Bertz CT molecular complexity index is 916. The second-order valence-corrected chi connectivity index (χ2v) is 10.9. The number of hydrogen-bond acceptors (Lipinski definition) is 6. The van der Waals surface area contributed by atoms with E-state index >= 15 is 0 Å². The minimum absolute atomic E-state index is 0.0416. The molecule has 1 saturated heterocycles. The number of hydrogen-bond donors (Lipinski definition) is 0. The maximum absolute atomic E-state index is 12.3. The summed E-state index contributed by atoms with van der Waals surface area (Å²) in [6.07, 6.45) is 20.9. The number of cyclic esters (lactones) is 1. The van der Waals surface area contributed by atoms with Crippen molar-refractivity contribution in [3.8, 4) is 17.1 Å². The van der Waals surface area contributed by atoms with E-state index in [1.165, 1.54) is 69.8 Å². The number of aromatic nitrogens is 2. The lowest BCUT2D eigenvalue weighted by atomic mass is 9.96. The smallest absolute Gasteiger partial charge is 0.309 e. The van der Waals surface area contributed by atoms with Gasteiger partial charge < -0.3 is 14.2 Å². The molecular weight excluding hydrogens is 488 g/mol. The number of unbranched alkanes of at least 4 members (excludes halogenated alkanes) is 10. The van der Waals surface area contributed by atoms with Crippen LogP contribution in [0, 0.1) is 5.92 Å². The van der Waals surface area contributed by atoms with Crippen molar-refractivity contribution in [2.45, 2.75) is 116 Å². The van der Waals surface area contributed by atoms with Gasteiger partial charge in [0.05, 0.1) is 31.5 Å². The largest absolute Gasteiger partial charge is 0.490 e. The molecule has 6 heteroatoms. The summed E-state index contributed by atoms with van der Waals surface area (Å²) in [6.45, 7) is 6.45. The lowest BCUT2D eigenvalue weighted by Crippen LogP contribution is -2.15. The minimum atomic E-state index is -0.0968. The molecule has 0 unspecified atom stereocenters. The molecule has 1 aliphatic heterocycles. The minimum Gasteiger partial charge on any atom is -0.490 e. The monoisotopic (exact) mass is 538 g/mol. The lowest BCUT2D eigenvalue weighted by molar-refractivity contribution is -0.146. The Hall–Kier alpha value is -2.47. The third kappa shape index (κ3) is 12.1. The molecule has 2 aromatic rings. The molecule has 1 aromatic heterocycles. The second-order valence-electron chi connectivity index (χ2n) is 10.9. The van der Waals surface area contributed by atoms with Gasteiger partial charge in [-0.2, -0.15) is 0 Å². The van der Waals surface area contributed by atoms with E-state index in [4.69, 9.17) is 14.2 Å². The number of esters is 1. The molecule has 1 fully saturated rings. The van der Waals surface area contributed by atoms with E-state index in [9.17, 15) is 4.79 Å². The zero-order chi connectivity index (χ0) is 27.5. The Morgan fingerprint density at radius 2 is 1.44 bits per heavy atom. The average molecular weight is 539 g/mol. The highest BCUT2D eigenvalue weighted by Crippen LogP contribution is 2.26. The Labute approximate surface area is 236 Å². The van der Waals surface area contributed by atoms with E-state index in [-0.39, 0.29) is 18.0 Å². The van der Waals surface area contributed by atoms with Crippen LogP contribution in [-0.2, 0) is 20.7 Å². The van der Waals surface area contributed by atoms with Gasteiger partial charge in [-0.25, -0.2) is 9.97 Å². The van der Waals surface area contributed by atoms with Gasteiger partial charge in [0.2, 0.25) is 0 Å². The maximum atomic E-state index is 12.3. The SMILES string of the molecule is CCCCCCCCCCOc1cnc(-c2ccc(CC[C@H]3C[C@@H](COCCCCCC)OC3=O)cc2)nc1. The summed E-state index contributed by atoms with van der Waals surface area (Å²) >= 11 is 0. The van der Waals surface area contributed by atoms with Crippen LogP contribution < -0.4 is 4.74 Å². The molecule has 1 aromatic carbocycles. The highest BCUT2D eigenvalue weighted by Gasteiger charge is 2.34. The number of benzene rings is 1. The third-order valence-corrected chi connectivity index (χ3v) is 7.50. The number of carbonyl (C=O) groups excluding carboxylic acids is 1. The number of carbonyl (C=O) groups is 1. The molecule has 2 atom stereocenters. The normalized spacial score (nSPS) is 16.9. The van der Waals surface area contributed by atoms with Crippen LogP contribution in [0.2, 0.25) is 0 Å². The van der Waals surface area contributed by atoms with Crippen LogP contribution >= 0.6 is 0 Å². The third-order valence-electron chi connectivity index (χ3n) is 7.50. The zero-order valence-electron chi connectivity index (χ0n) is 24.4. The predicted octanol–water partition coefficient (Wildman–Crippen LogP) is 8.12. The molecular formula is C33H50N2O4. The van der Waals surface area contributed by atoms with Gasteiger partial charge >= 0.3 is 5.97 Å². The van der Waals surface area contributed by atoms with Gasteiger partial charge in [-0.1, -0.05) is 102 Å². The van der Waals surface area contributed by atoms with E-state index in [2.05, 4.69) is 35.9 Å². The Balaban J connectivity index is 1.31. The van der Waals surface area contributed by atoms with Gasteiger partial charge in [0, 0.05) is 12.2 Å². The van der Waals surface area contributed by atoms with Gasteiger partial charge in [-0.3, -0.25) is 4.79 Å². The van der Waals surface area contributed by atoms with E-state index in [1.54, 1.807) is 12.4 Å². The fraction of sp³-hybridized carbons (Fsp3) is 0.667. The van der Waals surface area contributed by atoms with Gasteiger partial charge in [0.15, 0.2) is 11.6 Å². The molecule has 6 nitrogen and oxygen atoms in total. The van der Waals surface area contributed by atoms with E-state index in [1.807, 2.05) is 12.1 Å². The molecule has 1 aliphatic rings. The van der Waals surface area contributed by atoms with Crippen LogP contribution in [0.15, 0.2) is 36.7 Å². The molecule has 2 heterocycles. The highest BCUT2D eigenvalue weighted by molar-refractivity contribution is 5.74. The second kappa shape index (κ2) is 18.8. The number of ether oxygens (including phenoxy) is 3. The topological polar surface area (TPSA) is 70.5 Å². The van der Waals surface area contributed by atoms with Crippen molar-refractivity contribution in [2.24, 2.45) is 5.92 Å². The van der Waals surface area contributed by atoms with Crippen molar-refractivity contribution < 1.29 is 19.0 Å². The van der Waals surface area contributed by atoms with Crippen LogP contribution in [-0.4, -0.2) is 41.9 Å². The number of aryl methyl sites for hydroxylation is 1. The molecule has 3 rings (SSSR count). The summed E-state index contributed by atoms with van der Waals surface area (Å²) in [6, 6.07) is 8.30. The Morgan fingerprint density at radius 1 is 0.821 bits per heavy atom. The molecule has 0 bridgehead atoms. The maximum Gasteiger partial charge on any atom is 0.309 e. The first-order valence-corrected chi connectivity index (χ1v) is 15.5. The van der Waals surface area contributed by atoms with E-state index in [0.717, 1.165) is 50.0 Å². The summed E-state index contributed by atoms with van der Waals surface area (Å²) in [5, 5.41) is 0. The molecule has 0 radical (unpaired) electrons. The molecule has 0 aliphatic carbocycles. The molecule has 0 spiro atoms. The summed E-state index contributed by atoms with van der Waals surface area (Å²) < 4.78 is 17.1. The molecule has 0 saturated carbocycles. The van der Waals surface area contributed by atoms with Crippen LogP contribution in [0.1, 0.15) is 109 Å². The van der Waals surface area contributed by atoms with Crippen LogP contribution in [0.25, 0.3) is 11.4 Å². The standard InChI is InChI=1S/C33H50N2O4/c1-3-5-7-9-10-11-12-14-22-38-31-24-34-32(35-25-31)28-18-15-27(16-19-28)17-20-29-23-30(39-33(29)36)26-37-21-13-8-6-4-2/h15-16,18-19,24-25,29-30H,3-14,17,20-23,26H2,1-2H3/t29-,30-/m0/s1. The fourth-order valence-electron chi connectivity index (χ4n) is 5.03. The first-order chi connectivity index (χ1) is 19.2. The zero-order valence-corrected chi connectivity index (χ0v) is 24.4. The van der Waals surface area contributed by atoms with Gasteiger partial charge in [-0.15, -0.1) is 0 Å². The summed E-state index contributed by atoms with van der Waals surface area (Å²) in [5.41, 5.74) is 2.18.